The predicted molar refractivity (Wildman–Crippen MR) is 163 cm³/mol. The molecule has 0 unspecified atom stereocenters. The summed E-state index contributed by atoms with van der Waals surface area (Å²) in [5, 5.41) is 0. The van der Waals surface area contributed by atoms with Gasteiger partial charge in [-0.3, -0.25) is 0 Å². The smallest absolute Gasteiger partial charge is 0.201 e. The summed E-state index contributed by atoms with van der Waals surface area (Å²) in [6.45, 7) is 4.38. The molecular weight excluding hydrogens is 517 g/mol. The van der Waals surface area contributed by atoms with Crippen molar-refractivity contribution in [2.75, 3.05) is 6.61 Å². The third kappa shape index (κ3) is 7.01. The van der Waals surface area contributed by atoms with Crippen molar-refractivity contribution in [2.24, 2.45) is 11.8 Å². The molecular formula is C37H45F3O. The van der Waals surface area contributed by atoms with Gasteiger partial charge in [-0.25, -0.2) is 8.78 Å². The van der Waals surface area contributed by atoms with Crippen LogP contribution >= 0.6 is 0 Å². The monoisotopic (exact) mass is 562 g/mol. The highest BCUT2D eigenvalue weighted by atomic mass is 19.2. The van der Waals surface area contributed by atoms with E-state index in [9.17, 15) is 4.39 Å². The molecule has 0 bridgehead atoms. The van der Waals surface area contributed by atoms with Gasteiger partial charge < -0.3 is 4.74 Å². The number of unbranched alkanes of at least 4 members (excludes halogenated alkanes) is 3. The molecule has 0 amide bonds. The van der Waals surface area contributed by atoms with E-state index in [0.29, 0.717) is 18.1 Å². The van der Waals surface area contributed by atoms with Crippen LogP contribution in [0, 0.1) is 36.2 Å². The molecule has 41 heavy (non-hydrogen) atoms. The van der Waals surface area contributed by atoms with Gasteiger partial charge >= 0.3 is 0 Å². The molecule has 2 fully saturated rings. The van der Waals surface area contributed by atoms with Gasteiger partial charge in [-0.15, -0.1) is 0 Å². The van der Waals surface area contributed by atoms with Crippen molar-refractivity contribution in [1.29, 1.82) is 0 Å². The lowest BCUT2D eigenvalue weighted by Crippen LogP contribution is -2.23. The first-order valence-corrected chi connectivity index (χ1v) is 16.0. The first-order chi connectivity index (χ1) is 20.0. The van der Waals surface area contributed by atoms with Gasteiger partial charge in [0, 0.05) is 5.56 Å². The number of rotatable bonds is 10. The van der Waals surface area contributed by atoms with Crippen LogP contribution in [-0.2, 0) is 0 Å². The van der Waals surface area contributed by atoms with Crippen LogP contribution < -0.4 is 4.74 Å². The van der Waals surface area contributed by atoms with E-state index < -0.39 is 11.6 Å². The van der Waals surface area contributed by atoms with E-state index >= 15 is 8.78 Å². The minimum absolute atomic E-state index is 0.0462. The van der Waals surface area contributed by atoms with Crippen molar-refractivity contribution in [1.82, 2.24) is 0 Å². The Kier molecular flexibility index (Phi) is 10.1. The topological polar surface area (TPSA) is 9.23 Å². The van der Waals surface area contributed by atoms with E-state index in [2.05, 4.69) is 6.92 Å². The van der Waals surface area contributed by atoms with Crippen molar-refractivity contribution in [3.63, 3.8) is 0 Å². The summed E-state index contributed by atoms with van der Waals surface area (Å²) in [5.74, 6) is -0.0203. The molecule has 0 N–H and O–H groups in total. The van der Waals surface area contributed by atoms with Crippen molar-refractivity contribution < 1.29 is 17.9 Å². The second-order valence-corrected chi connectivity index (χ2v) is 12.4. The molecule has 0 spiro atoms. The van der Waals surface area contributed by atoms with E-state index in [-0.39, 0.29) is 17.1 Å². The van der Waals surface area contributed by atoms with E-state index in [4.69, 9.17) is 4.74 Å². The standard InChI is InChI=1S/C37H45F3O/c1-3-4-5-9-22-41-35-21-20-33(36(39)37(35)40)31-18-16-29(23-25(31)2)30-17-19-32(34(38)24-30)28-14-12-27(13-15-28)26-10-7-6-8-11-26/h16-21,23-24,26-28H,3-15,22H2,1-2H3. The van der Waals surface area contributed by atoms with Gasteiger partial charge in [0.1, 0.15) is 5.82 Å². The van der Waals surface area contributed by atoms with Crippen LogP contribution in [0.15, 0.2) is 48.5 Å². The summed E-state index contributed by atoms with van der Waals surface area (Å²) >= 11 is 0. The summed E-state index contributed by atoms with van der Waals surface area (Å²) in [4.78, 5) is 0. The molecule has 5 rings (SSSR count). The summed E-state index contributed by atoms with van der Waals surface area (Å²) in [5.41, 5.74) is 4.14. The zero-order valence-electron chi connectivity index (χ0n) is 24.8. The van der Waals surface area contributed by atoms with Gasteiger partial charge in [0.15, 0.2) is 11.6 Å². The van der Waals surface area contributed by atoms with Gasteiger partial charge in [-0.1, -0.05) is 88.6 Å². The molecule has 3 aromatic rings. The third-order valence-electron chi connectivity index (χ3n) is 9.68. The lowest BCUT2D eigenvalue weighted by Gasteiger charge is -2.36. The Bertz CT molecular complexity index is 1300. The maximum absolute atomic E-state index is 15.4. The second kappa shape index (κ2) is 13.9. The van der Waals surface area contributed by atoms with Gasteiger partial charge in [0.2, 0.25) is 5.82 Å². The average Bonchev–Trinajstić information content (AvgIpc) is 3.00. The van der Waals surface area contributed by atoms with E-state index in [1.54, 1.807) is 18.2 Å². The quantitative estimate of drug-likeness (QED) is 0.223. The van der Waals surface area contributed by atoms with Crippen molar-refractivity contribution in [2.45, 2.75) is 103 Å². The van der Waals surface area contributed by atoms with Gasteiger partial charge in [0.05, 0.1) is 6.61 Å². The zero-order chi connectivity index (χ0) is 28.8. The minimum Gasteiger partial charge on any atom is -0.490 e. The first-order valence-electron chi connectivity index (χ1n) is 16.0. The molecule has 0 heterocycles. The van der Waals surface area contributed by atoms with Crippen LogP contribution in [0.2, 0.25) is 0 Å². The summed E-state index contributed by atoms with van der Waals surface area (Å²) < 4.78 is 50.8. The van der Waals surface area contributed by atoms with Crippen LogP contribution in [0.4, 0.5) is 13.2 Å². The third-order valence-corrected chi connectivity index (χ3v) is 9.68. The molecule has 2 saturated carbocycles. The van der Waals surface area contributed by atoms with Crippen molar-refractivity contribution in [3.05, 3.63) is 77.1 Å². The second-order valence-electron chi connectivity index (χ2n) is 12.4. The summed E-state index contributed by atoms with van der Waals surface area (Å²) in [7, 11) is 0. The van der Waals surface area contributed by atoms with Crippen molar-refractivity contribution >= 4 is 0 Å². The number of ether oxygens (including phenoxy) is 1. The largest absolute Gasteiger partial charge is 0.490 e. The molecule has 0 saturated heterocycles. The van der Waals surface area contributed by atoms with Gasteiger partial charge in [0.25, 0.3) is 0 Å². The van der Waals surface area contributed by atoms with Crippen LogP contribution in [-0.4, -0.2) is 6.61 Å². The number of aryl methyl sites for hydroxylation is 1. The SMILES string of the molecule is CCCCCCOc1ccc(-c2ccc(-c3ccc(C4CCC(C5CCCCC5)CC4)c(F)c3)cc2C)c(F)c1F. The predicted octanol–water partition coefficient (Wildman–Crippen LogP) is 11.6. The summed E-state index contributed by atoms with van der Waals surface area (Å²) in [6.07, 6.45) is 15.6. The normalized spacial score (nSPS) is 19.8. The van der Waals surface area contributed by atoms with Crippen LogP contribution in [0.1, 0.15) is 107 Å². The lowest BCUT2D eigenvalue weighted by molar-refractivity contribution is 0.185. The fraction of sp³-hybridized carbons (Fsp3) is 0.514. The van der Waals surface area contributed by atoms with E-state index in [1.165, 1.54) is 51.0 Å². The highest BCUT2D eigenvalue weighted by Gasteiger charge is 2.30. The molecule has 1 nitrogen and oxygen atoms in total. The fourth-order valence-corrected chi connectivity index (χ4v) is 7.25. The molecule has 0 atom stereocenters. The molecule has 4 heteroatoms. The number of benzene rings is 3. The van der Waals surface area contributed by atoms with E-state index in [1.807, 2.05) is 31.2 Å². The Balaban J connectivity index is 1.25. The molecule has 0 aliphatic heterocycles. The van der Waals surface area contributed by atoms with Crippen molar-refractivity contribution in [3.8, 4) is 28.0 Å². The fourth-order valence-electron chi connectivity index (χ4n) is 7.25. The van der Waals surface area contributed by atoms with Crippen LogP contribution in [0.5, 0.6) is 5.75 Å². The van der Waals surface area contributed by atoms with Crippen LogP contribution in [0.25, 0.3) is 22.3 Å². The maximum atomic E-state index is 15.4. The maximum Gasteiger partial charge on any atom is 0.201 e. The first kappa shape index (κ1) is 29.7. The Hall–Kier alpha value is -2.75. The number of halogens is 3. The van der Waals surface area contributed by atoms with E-state index in [0.717, 1.165) is 72.6 Å². The Morgan fingerprint density at radius 1 is 0.683 bits per heavy atom. The number of hydrogen-bond acceptors (Lipinski definition) is 1. The molecule has 220 valence electrons. The Labute approximate surface area is 244 Å². The lowest BCUT2D eigenvalue weighted by atomic mass is 9.70. The van der Waals surface area contributed by atoms with Gasteiger partial charge in [-0.2, -0.15) is 4.39 Å². The summed E-state index contributed by atoms with van der Waals surface area (Å²) in [6, 6.07) is 14.3. The Morgan fingerprint density at radius 3 is 2.07 bits per heavy atom. The minimum atomic E-state index is -0.952. The Morgan fingerprint density at radius 2 is 1.37 bits per heavy atom. The zero-order valence-corrected chi connectivity index (χ0v) is 24.8. The molecule has 2 aliphatic carbocycles. The molecule has 2 aliphatic rings. The van der Waals surface area contributed by atoms with Gasteiger partial charge in [-0.05, 0) is 103 Å². The average molecular weight is 563 g/mol. The molecule has 3 aromatic carbocycles. The molecule has 0 radical (unpaired) electrons. The highest BCUT2D eigenvalue weighted by molar-refractivity contribution is 5.74. The molecule has 0 aromatic heterocycles. The van der Waals surface area contributed by atoms with Crippen LogP contribution in [0.3, 0.4) is 0 Å². The highest BCUT2D eigenvalue weighted by Crippen LogP contribution is 2.44. The number of hydrogen-bond donors (Lipinski definition) is 0.